The Balaban J connectivity index is 2.43. The van der Waals surface area contributed by atoms with Crippen molar-refractivity contribution in [3.05, 3.63) is 29.0 Å². The molecule has 1 aromatic rings. The van der Waals surface area contributed by atoms with Crippen molar-refractivity contribution in [1.82, 2.24) is 5.32 Å². The molecule has 0 saturated carbocycles. The Bertz CT molecular complexity index is 523. The van der Waals surface area contributed by atoms with Gasteiger partial charge in [0.1, 0.15) is 5.82 Å². The van der Waals surface area contributed by atoms with Crippen molar-refractivity contribution < 1.29 is 12.8 Å². The van der Waals surface area contributed by atoms with Gasteiger partial charge in [0.2, 0.25) is 10.0 Å². The minimum atomic E-state index is -3.54. The van der Waals surface area contributed by atoms with Crippen molar-refractivity contribution in [1.29, 1.82) is 0 Å². The Labute approximate surface area is 124 Å². The molecule has 2 N–H and O–H groups in total. The van der Waals surface area contributed by atoms with Gasteiger partial charge in [-0.2, -0.15) is 0 Å². The minimum Gasteiger partial charge on any atom is -0.317 e. The molecular weight excluding hydrogens is 303 g/mol. The monoisotopic (exact) mass is 322 g/mol. The molecular formula is C13H20ClFN2O2S. The van der Waals surface area contributed by atoms with Crippen molar-refractivity contribution in [2.45, 2.75) is 26.2 Å². The number of sulfonamides is 1. The van der Waals surface area contributed by atoms with Crippen LogP contribution in [0.2, 0.25) is 5.02 Å². The number of nitrogens with one attached hydrogen (secondary N) is 2. The lowest BCUT2D eigenvalue weighted by atomic mass is 10.3. The van der Waals surface area contributed by atoms with E-state index in [0.717, 1.165) is 32.0 Å². The SMILES string of the molecule is CCCNCCCCS(=O)(=O)Nc1cc(Cl)ccc1F. The van der Waals surface area contributed by atoms with Crippen LogP contribution in [0, 0.1) is 5.82 Å². The Morgan fingerprint density at radius 3 is 2.70 bits per heavy atom. The predicted molar refractivity (Wildman–Crippen MR) is 81.2 cm³/mol. The summed E-state index contributed by atoms with van der Waals surface area (Å²) in [6.07, 6.45) is 2.33. The van der Waals surface area contributed by atoms with Gasteiger partial charge in [-0.1, -0.05) is 18.5 Å². The zero-order valence-electron chi connectivity index (χ0n) is 11.5. The summed E-state index contributed by atoms with van der Waals surface area (Å²) < 4.78 is 39.3. The normalized spacial score (nSPS) is 11.6. The molecule has 0 aliphatic rings. The molecule has 0 unspecified atom stereocenters. The number of anilines is 1. The number of hydrogen-bond donors (Lipinski definition) is 2. The lowest BCUT2D eigenvalue weighted by Crippen LogP contribution is -2.20. The molecule has 1 rings (SSSR count). The molecule has 4 nitrogen and oxygen atoms in total. The van der Waals surface area contributed by atoms with Gasteiger partial charge >= 0.3 is 0 Å². The van der Waals surface area contributed by atoms with E-state index in [9.17, 15) is 12.8 Å². The van der Waals surface area contributed by atoms with Gasteiger partial charge in [-0.05, 0) is 50.6 Å². The number of rotatable bonds is 9. The van der Waals surface area contributed by atoms with Gasteiger partial charge in [0, 0.05) is 5.02 Å². The maximum atomic E-state index is 13.4. The second kappa shape index (κ2) is 8.44. The zero-order chi connectivity index (χ0) is 15.0. The van der Waals surface area contributed by atoms with E-state index >= 15 is 0 Å². The van der Waals surface area contributed by atoms with Crippen LogP contribution >= 0.6 is 11.6 Å². The summed E-state index contributed by atoms with van der Waals surface area (Å²) in [7, 11) is -3.54. The average Bonchev–Trinajstić information content (AvgIpc) is 2.38. The summed E-state index contributed by atoms with van der Waals surface area (Å²) in [5.41, 5.74) is -0.110. The number of unbranched alkanes of at least 4 members (excludes halogenated alkanes) is 1. The minimum absolute atomic E-state index is 0.0350. The summed E-state index contributed by atoms with van der Waals surface area (Å²) in [4.78, 5) is 0. The summed E-state index contributed by atoms with van der Waals surface area (Å²) in [6.45, 7) is 3.79. The first-order valence-electron chi connectivity index (χ1n) is 6.61. The van der Waals surface area contributed by atoms with Gasteiger partial charge in [-0.3, -0.25) is 4.72 Å². The zero-order valence-corrected chi connectivity index (χ0v) is 13.0. The van der Waals surface area contributed by atoms with Crippen LogP contribution in [0.15, 0.2) is 18.2 Å². The first-order valence-corrected chi connectivity index (χ1v) is 8.64. The van der Waals surface area contributed by atoms with E-state index in [1.807, 2.05) is 0 Å². The molecule has 0 radical (unpaired) electrons. The Kier molecular flexibility index (Phi) is 7.26. The van der Waals surface area contributed by atoms with Crippen LogP contribution in [0.3, 0.4) is 0 Å². The van der Waals surface area contributed by atoms with E-state index in [1.54, 1.807) is 0 Å². The predicted octanol–water partition coefficient (Wildman–Crippen LogP) is 3.00. The molecule has 114 valence electrons. The first-order chi connectivity index (χ1) is 9.44. The van der Waals surface area contributed by atoms with Crippen LogP contribution in [0.5, 0.6) is 0 Å². The fourth-order valence-electron chi connectivity index (χ4n) is 1.64. The number of hydrogen-bond acceptors (Lipinski definition) is 3. The molecule has 1 aromatic carbocycles. The third-order valence-corrected chi connectivity index (χ3v) is 4.23. The maximum absolute atomic E-state index is 13.4. The van der Waals surface area contributed by atoms with Crippen LogP contribution in [-0.2, 0) is 10.0 Å². The highest BCUT2D eigenvalue weighted by Crippen LogP contribution is 2.20. The lowest BCUT2D eigenvalue weighted by Gasteiger charge is -2.09. The Morgan fingerprint density at radius 2 is 2.00 bits per heavy atom. The molecule has 20 heavy (non-hydrogen) atoms. The van der Waals surface area contributed by atoms with E-state index in [1.165, 1.54) is 12.1 Å². The van der Waals surface area contributed by atoms with E-state index in [0.29, 0.717) is 6.42 Å². The molecule has 0 aliphatic heterocycles. The van der Waals surface area contributed by atoms with Crippen LogP contribution in [-0.4, -0.2) is 27.3 Å². The Hall–Kier alpha value is -0.850. The van der Waals surface area contributed by atoms with Crippen LogP contribution in [0.1, 0.15) is 26.2 Å². The molecule has 0 aromatic heterocycles. The highest BCUT2D eigenvalue weighted by molar-refractivity contribution is 7.92. The molecule has 0 fully saturated rings. The van der Waals surface area contributed by atoms with Crippen LogP contribution in [0.25, 0.3) is 0 Å². The summed E-state index contributed by atoms with van der Waals surface area (Å²) in [6, 6.07) is 3.76. The van der Waals surface area contributed by atoms with Crippen LogP contribution < -0.4 is 10.0 Å². The van der Waals surface area contributed by atoms with Crippen LogP contribution in [0.4, 0.5) is 10.1 Å². The number of benzene rings is 1. The van der Waals surface area contributed by atoms with Gasteiger partial charge < -0.3 is 5.32 Å². The Morgan fingerprint density at radius 1 is 1.25 bits per heavy atom. The standard InChI is InChI=1S/C13H20ClFN2O2S/c1-2-7-16-8-3-4-9-20(18,19)17-13-10-11(14)5-6-12(13)15/h5-6,10,16-17H,2-4,7-9H2,1H3. The lowest BCUT2D eigenvalue weighted by molar-refractivity contribution is 0.588. The summed E-state index contributed by atoms with van der Waals surface area (Å²) >= 11 is 5.71. The van der Waals surface area contributed by atoms with Gasteiger partial charge in [-0.25, -0.2) is 12.8 Å². The molecule has 0 heterocycles. The van der Waals surface area contributed by atoms with Gasteiger partial charge in [-0.15, -0.1) is 0 Å². The van der Waals surface area contributed by atoms with Crippen molar-refractivity contribution in [3.63, 3.8) is 0 Å². The second-order valence-corrected chi connectivity index (χ2v) is 6.78. The highest BCUT2D eigenvalue weighted by atomic mass is 35.5. The van der Waals surface area contributed by atoms with Gasteiger partial charge in [0.25, 0.3) is 0 Å². The van der Waals surface area contributed by atoms with Gasteiger partial charge in [0.15, 0.2) is 0 Å². The smallest absolute Gasteiger partial charge is 0.232 e. The second-order valence-electron chi connectivity index (χ2n) is 4.50. The summed E-state index contributed by atoms with van der Waals surface area (Å²) in [5.74, 6) is -0.671. The quantitative estimate of drug-likeness (QED) is 0.687. The third kappa shape index (κ3) is 6.54. The number of halogens is 2. The van der Waals surface area contributed by atoms with Crippen molar-refractivity contribution in [2.75, 3.05) is 23.6 Å². The fourth-order valence-corrected chi connectivity index (χ4v) is 2.99. The van der Waals surface area contributed by atoms with E-state index in [2.05, 4.69) is 17.0 Å². The van der Waals surface area contributed by atoms with E-state index < -0.39 is 15.8 Å². The van der Waals surface area contributed by atoms with Crippen molar-refractivity contribution >= 4 is 27.3 Å². The fraction of sp³-hybridized carbons (Fsp3) is 0.538. The van der Waals surface area contributed by atoms with Crippen molar-refractivity contribution in [3.8, 4) is 0 Å². The van der Waals surface area contributed by atoms with E-state index in [-0.39, 0.29) is 16.5 Å². The molecule has 0 saturated heterocycles. The largest absolute Gasteiger partial charge is 0.317 e. The third-order valence-electron chi connectivity index (χ3n) is 2.64. The topological polar surface area (TPSA) is 58.2 Å². The molecule has 0 amide bonds. The average molecular weight is 323 g/mol. The highest BCUT2D eigenvalue weighted by Gasteiger charge is 2.13. The summed E-state index contributed by atoms with van der Waals surface area (Å²) in [5, 5.41) is 3.48. The molecule has 0 aliphatic carbocycles. The molecule has 0 bridgehead atoms. The molecule has 0 spiro atoms. The van der Waals surface area contributed by atoms with E-state index in [4.69, 9.17) is 11.6 Å². The molecule has 7 heteroatoms. The maximum Gasteiger partial charge on any atom is 0.232 e. The van der Waals surface area contributed by atoms with Crippen molar-refractivity contribution in [2.24, 2.45) is 0 Å². The van der Waals surface area contributed by atoms with Gasteiger partial charge in [0.05, 0.1) is 11.4 Å². The molecule has 0 atom stereocenters. The first kappa shape index (κ1) is 17.2.